The summed E-state index contributed by atoms with van der Waals surface area (Å²) in [6, 6.07) is 14.2. The number of nitrogens with two attached hydrogens (primary N) is 2. The summed E-state index contributed by atoms with van der Waals surface area (Å²) in [6.45, 7) is 18.9. The summed E-state index contributed by atoms with van der Waals surface area (Å²) in [6.07, 6.45) is 1.30. The van der Waals surface area contributed by atoms with Crippen molar-refractivity contribution in [2.24, 2.45) is 5.73 Å². The molecular formula is C33H36Cl2N8O2. The van der Waals surface area contributed by atoms with E-state index in [-0.39, 0.29) is 46.8 Å². The largest absolute Gasteiger partial charge is 0.392 e. The molecule has 3 aromatic heterocycles. The molecule has 0 saturated heterocycles. The van der Waals surface area contributed by atoms with Crippen molar-refractivity contribution in [1.82, 2.24) is 19.1 Å². The lowest BCUT2D eigenvalue weighted by molar-refractivity contribution is 0.534. The van der Waals surface area contributed by atoms with E-state index in [0.717, 1.165) is 22.2 Å². The van der Waals surface area contributed by atoms with Crippen molar-refractivity contribution < 1.29 is 0 Å². The lowest BCUT2D eigenvalue weighted by Gasteiger charge is -2.24. The maximum atomic E-state index is 13.1. The third kappa shape index (κ3) is 6.66. The standard InChI is InChI=1S/C19H19ClN6O.C14H17ClN2O/c1-10(2)26-14(8-12-6-5-7-13(20)15(12)19(26)27)11(3)25-18-16(22-4)17(21)23-9-24-18;1-8(2)17-12(9(3)16)7-10-5-4-6-11(15)13(10)14(17)18/h5-11H,1-3H3,(H3,21,23,24,25);4-9H,16H2,1-3H3/t11-;9-/m00/s1. The number of rotatable bonds is 6. The number of nitrogens with zero attached hydrogens (tertiary/aromatic N) is 5. The van der Waals surface area contributed by atoms with Crippen LogP contribution >= 0.6 is 23.2 Å². The first-order valence-electron chi connectivity index (χ1n) is 14.5. The van der Waals surface area contributed by atoms with Crippen LogP contribution in [0.3, 0.4) is 0 Å². The first-order valence-corrected chi connectivity index (χ1v) is 15.2. The van der Waals surface area contributed by atoms with Crippen LogP contribution in [0.5, 0.6) is 0 Å². The third-order valence-corrected chi connectivity index (χ3v) is 8.01. The van der Waals surface area contributed by atoms with Crippen LogP contribution in [-0.4, -0.2) is 19.1 Å². The highest BCUT2D eigenvalue weighted by Crippen LogP contribution is 2.32. The van der Waals surface area contributed by atoms with Crippen molar-refractivity contribution in [1.29, 1.82) is 0 Å². The molecule has 2 aromatic carbocycles. The summed E-state index contributed by atoms with van der Waals surface area (Å²) in [5, 5.41) is 6.77. The van der Waals surface area contributed by atoms with Gasteiger partial charge >= 0.3 is 0 Å². The highest BCUT2D eigenvalue weighted by Gasteiger charge is 2.20. The Morgan fingerprint density at radius 3 is 1.78 bits per heavy atom. The van der Waals surface area contributed by atoms with E-state index in [1.54, 1.807) is 21.3 Å². The molecule has 5 rings (SSSR count). The fourth-order valence-corrected chi connectivity index (χ4v) is 5.87. The zero-order valence-corrected chi connectivity index (χ0v) is 27.5. The number of hydrogen-bond donors (Lipinski definition) is 3. The molecule has 234 valence electrons. The maximum absolute atomic E-state index is 13.1. The topological polar surface area (TPSA) is 138 Å². The zero-order chi connectivity index (χ0) is 33.2. The second-order valence-electron chi connectivity index (χ2n) is 11.3. The Morgan fingerprint density at radius 1 is 0.822 bits per heavy atom. The highest BCUT2D eigenvalue weighted by atomic mass is 35.5. The molecule has 0 radical (unpaired) electrons. The van der Waals surface area contributed by atoms with E-state index in [9.17, 15) is 9.59 Å². The van der Waals surface area contributed by atoms with Gasteiger partial charge in [-0.3, -0.25) is 9.59 Å². The second-order valence-corrected chi connectivity index (χ2v) is 12.1. The van der Waals surface area contributed by atoms with Crippen LogP contribution in [-0.2, 0) is 0 Å². The molecule has 0 unspecified atom stereocenters. The van der Waals surface area contributed by atoms with Gasteiger partial charge in [-0.1, -0.05) is 47.5 Å². The van der Waals surface area contributed by atoms with Gasteiger partial charge in [0.2, 0.25) is 0 Å². The Morgan fingerprint density at radius 2 is 1.31 bits per heavy atom. The molecular weight excluding hydrogens is 611 g/mol. The number of benzene rings is 2. The molecule has 0 aliphatic heterocycles. The number of halogens is 2. The van der Waals surface area contributed by atoms with Crippen LogP contribution in [0.2, 0.25) is 10.0 Å². The molecule has 0 spiro atoms. The average molecular weight is 648 g/mol. The molecule has 2 atom stereocenters. The molecule has 0 aliphatic rings. The van der Waals surface area contributed by atoms with Gasteiger partial charge in [0.25, 0.3) is 16.8 Å². The molecule has 3 heterocycles. The lowest BCUT2D eigenvalue weighted by Crippen LogP contribution is -2.28. The summed E-state index contributed by atoms with van der Waals surface area (Å²) in [4.78, 5) is 37.0. The van der Waals surface area contributed by atoms with Gasteiger partial charge in [0, 0.05) is 29.5 Å². The number of fused-ring (bicyclic) bond motifs is 2. The number of anilines is 2. The molecule has 0 bridgehead atoms. The first-order chi connectivity index (χ1) is 21.3. The summed E-state index contributed by atoms with van der Waals surface area (Å²) in [5.74, 6) is 0.445. The molecule has 12 heteroatoms. The fraction of sp³-hybridized carbons (Fsp3) is 0.303. The average Bonchev–Trinajstić information content (AvgIpc) is 2.96. The molecule has 5 N–H and O–H groups in total. The Labute approximate surface area is 271 Å². The predicted molar refractivity (Wildman–Crippen MR) is 185 cm³/mol. The number of pyridine rings is 2. The van der Waals surface area contributed by atoms with Crippen molar-refractivity contribution in [2.75, 3.05) is 11.1 Å². The molecule has 0 fully saturated rings. The predicted octanol–water partition coefficient (Wildman–Crippen LogP) is 7.59. The van der Waals surface area contributed by atoms with E-state index < -0.39 is 0 Å². The van der Waals surface area contributed by atoms with Crippen LogP contribution in [0, 0.1) is 6.57 Å². The van der Waals surface area contributed by atoms with Gasteiger partial charge in [-0.2, -0.15) is 0 Å². The zero-order valence-electron chi connectivity index (χ0n) is 26.0. The van der Waals surface area contributed by atoms with Crippen LogP contribution in [0.1, 0.15) is 77.1 Å². The van der Waals surface area contributed by atoms with Crippen molar-refractivity contribution >= 4 is 62.1 Å². The van der Waals surface area contributed by atoms with Crippen LogP contribution in [0.4, 0.5) is 17.3 Å². The Hall–Kier alpha value is -4.43. The highest BCUT2D eigenvalue weighted by molar-refractivity contribution is 6.35. The molecule has 0 aliphatic carbocycles. The van der Waals surface area contributed by atoms with E-state index >= 15 is 0 Å². The van der Waals surface area contributed by atoms with E-state index in [1.165, 1.54) is 6.33 Å². The maximum Gasteiger partial charge on any atom is 0.268 e. The quantitative estimate of drug-likeness (QED) is 0.162. The minimum absolute atomic E-state index is 0.0548. The van der Waals surface area contributed by atoms with E-state index in [2.05, 4.69) is 20.1 Å². The van der Waals surface area contributed by atoms with Gasteiger partial charge in [0.1, 0.15) is 18.0 Å². The van der Waals surface area contributed by atoms with Gasteiger partial charge in [-0.25, -0.2) is 14.8 Å². The van der Waals surface area contributed by atoms with Crippen molar-refractivity contribution in [3.05, 3.63) is 108 Å². The monoisotopic (exact) mass is 646 g/mol. The Balaban J connectivity index is 0.000000222. The van der Waals surface area contributed by atoms with Crippen LogP contribution < -0.4 is 27.9 Å². The van der Waals surface area contributed by atoms with Crippen LogP contribution in [0.25, 0.3) is 26.4 Å². The molecule has 0 saturated carbocycles. The Kier molecular flexibility index (Phi) is 10.2. The number of nitrogens with one attached hydrogen (secondary N) is 1. The molecule has 5 aromatic rings. The number of hydrogen-bond acceptors (Lipinski definition) is 7. The fourth-order valence-electron chi connectivity index (χ4n) is 5.34. The summed E-state index contributed by atoms with van der Waals surface area (Å²) < 4.78 is 3.42. The van der Waals surface area contributed by atoms with E-state index in [1.807, 2.05) is 77.9 Å². The molecule has 10 nitrogen and oxygen atoms in total. The molecule has 0 amide bonds. The number of nitrogen functional groups attached to an aromatic ring is 1. The summed E-state index contributed by atoms with van der Waals surface area (Å²) in [5.41, 5.74) is 13.3. The Bertz CT molecular complexity index is 2040. The smallest absolute Gasteiger partial charge is 0.268 e. The summed E-state index contributed by atoms with van der Waals surface area (Å²) >= 11 is 12.4. The van der Waals surface area contributed by atoms with E-state index in [0.29, 0.717) is 26.6 Å². The summed E-state index contributed by atoms with van der Waals surface area (Å²) in [7, 11) is 0. The van der Waals surface area contributed by atoms with Crippen molar-refractivity contribution in [3.8, 4) is 0 Å². The minimum Gasteiger partial charge on any atom is -0.392 e. The minimum atomic E-state index is -0.307. The van der Waals surface area contributed by atoms with Crippen molar-refractivity contribution in [2.45, 2.75) is 65.7 Å². The molecule has 45 heavy (non-hydrogen) atoms. The van der Waals surface area contributed by atoms with Gasteiger partial charge in [0.05, 0.1) is 33.4 Å². The van der Waals surface area contributed by atoms with Gasteiger partial charge in [-0.15, -0.1) is 0 Å². The van der Waals surface area contributed by atoms with Crippen LogP contribution in [0.15, 0.2) is 64.4 Å². The third-order valence-electron chi connectivity index (χ3n) is 7.38. The first kappa shape index (κ1) is 33.5. The van der Waals surface area contributed by atoms with Gasteiger partial charge in [0.15, 0.2) is 0 Å². The SMILES string of the molecule is CC(C)n1c([C@H](C)N)cc2cccc(Cl)c2c1=O.[C-]#[N+]c1c(N)ncnc1N[C@@H](C)c1cc2cccc(Cl)c2c(=O)n1C(C)C. The number of aromatic nitrogens is 4. The normalized spacial score (nSPS) is 12.6. The van der Waals surface area contributed by atoms with Crippen molar-refractivity contribution in [3.63, 3.8) is 0 Å². The second kappa shape index (κ2) is 13.7. The van der Waals surface area contributed by atoms with E-state index in [4.69, 9.17) is 41.2 Å². The van der Waals surface area contributed by atoms with Gasteiger partial charge < -0.3 is 25.9 Å². The lowest BCUT2D eigenvalue weighted by atomic mass is 10.1. The van der Waals surface area contributed by atoms with Gasteiger partial charge in [-0.05, 0) is 76.6 Å².